The van der Waals surface area contributed by atoms with Gasteiger partial charge in [0, 0.05) is 36.4 Å². The van der Waals surface area contributed by atoms with E-state index in [-0.39, 0.29) is 17.8 Å². The highest BCUT2D eigenvalue weighted by Crippen LogP contribution is 2.40. The van der Waals surface area contributed by atoms with Crippen molar-refractivity contribution in [3.05, 3.63) is 84.2 Å². The fourth-order valence-electron chi connectivity index (χ4n) is 4.91. The van der Waals surface area contributed by atoms with E-state index in [1.54, 1.807) is 18.3 Å². The molecule has 1 aliphatic rings. The Kier molecular flexibility index (Phi) is 4.50. The van der Waals surface area contributed by atoms with E-state index in [0.29, 0.717) is 0 Å². The predicted octanol–water partition coefficient (Wildman–Crippen LogP) is 5.18. The van der Waals surface area contributed by atoms with Gasteiger partial charge in [-0.15, -0.1) is 0 Å². The van der Waals surface area contributed by atoms with Crippen LogP contribution >= 0.6 is 0 Å². The number of hydrogen-bond donors (Lipinski definition) is 1. The summed E-state index contributed by atoms with van der Waals surface area (Å²) in [4.78, 5) is 13.6. The Morgan fingerprint density at radius 3 is 2.73 bits per heavy atom. The number of fused-ring (bicyclic) bond motifs is 2. The molecule has 164 valence electrons. The summed E-state index contributed by atoms with van der Waals surface area (Å²) >= 11 is 0. The third-order valence-corrected chi connectivity index (χ3v) is 6.42. The molecule has 1 aliphatic heterocycles. The van der Waals surface area contributed by atoms with E-state index < -0.39 is 0 Å². The van der Waals surface area contributed by atoms with Crippen LogP contribution in [0.15, 0.2) is 67.0 Å². The molecule has 1 unspecified atom stereocenters. The smallest absolute Gasteiger partial charge is 0.220 e. The number of benzene rings is 2. The van der Waals surface area contributed by atoms with Crippen LogP contribution in [-0.4, -0.2) is 24.1 Å². The zero-order valence-electron chi connectivity index (χ0n) is 18.2. The van der Waals surface area contributed by atoms with Gasteiger partial charge in [-0.2, -0.15) is 0 Å². The van der Waals surface area contributed by atoms with Crippen molar-refractivity contribution in [2.24, 2.45) is 0 Å². The first-order valence-electron chi connectivity index (χ1n) is 11.1. The molecular formula is C26H23FN6. The summed E-state index contributed by atoms with van der Waals surface area (Å²) in [5, 5.41) is 1.25. The highest BCUT2D eigenvalue weighted by atomic mass is 19.1. The first kappa shape index (κ1) is 19.7. The van der Waals surface area contributed by atoms with E-state index in [1.165, 1.54) is 28.6 Å². The van der Waals surface area contributed by atoms with E-state index in [2.05, 4.69) is 56.5 Å². The number of aryl methyl sites for hydroxylation is 2. The third kappa shape index (κ3) is 3.36. The van der Waals surface area contributed by atoms with Gasteiger partial charge in [-0.1, -0.05) is 11.6 Å². The number of imidazole rings is 1. The first-order valence-corrected chi connectivity index (χ1v) is 11.1. The normalized spacial score (nSPS) is 15.3. The SMILES string of the molecule is Cc1ccc2c(ccn2CC2CCc3nc(-c4ccc(F)cc4)c(-c4ccnc(N)n4)n32)c1. The molecule has 0 radical (unpaired) electrons. The standard InChI is InChI=1S/C26H23FN6/c1-16-2-8-22-18(14-16)11-13-32(22)15-20-7-9-23-31-24(17-3-5-19(27)6-4-17)25(33(20)23)21-10-12-29-26(28)30-21/h2-6,8,10-14,20H,7,9,15H2,1H3,(H2,28,29,30). The maximum Gasteiger partial charge on any atom is 0.220 e. The predicted molar refractivity (Wildman–Crippen MR) is 127 cm³/mol. The fraction of sp³-hybridized carbons (Fsp3) is 0.192. The van der Waals surface area contributed by atoms with Gasteiger partial charge in [-0.05, 0) is 67.3 Å². The molecule has 5 aromatic rings. The van der Waals surface area contributed by atoms with Crippen molar-refractivity contribution in [3.63, 3.8) is 0 Å². The molecule has 6 nitrogen and oxygen atoms in total. The highest BCUT2D eigenvalue weighted by Gasteiger charge is 2.31. The van der Waals surface area contributed by atoms with Crippen molar-refractivity contribution in [1.29, 1.82) is 0 Å². The second kappa shape index (κ2) is 7.55. The highest BCUT2D eigenvalue weighted by molar-refractivity contribution is 5.81. The summed E-state index contributed by atoms with van der Waals surface area (Å²) in [5.74, 6) is 0.958. The summed E-state index contributed by atoms with van der Waals surface area (Å²) in [6.07, 6.45) is 5.68. The van der Waals surface area contributed by atoms with Crippen LogP contribution in [0.1, 0.15) is 23.9 Å². The molecule has 0 spiro atoms. The van der Waals surface area contributed by atoms with Crippen LogP contribution in [0.5, 0.6) is 0 Å². The minimum atomic E-state index is -0.272. The van der Waals surface area contributed by atoms with Crippen LogP contribution in [0.25, 0.3) is 33.5 Å². The van der Waals surface area contributed by atoms with Crippen LogP contribution in [0.3, 0.4) is 0 Å². The summed E-state index contributed by atoms with van der Waals surface area (Å²) in [7, 11) is 0. The number of nitrogens with zero attached hydrogens (tertiary/aromatic N) is 5. The van der Waals surface area contributed by atoms with Crippen LogP contribution in [0, 0.1) is 12.7 Å². The minimum absolute atomic E-state index is 0.213. The van der Waals surface area contributed by atoms with Crippen molar-refractivity contribution in [2.45, 2.75) is 32.4 Å². The molecule has 3 aromatic heterocycles. The molecule has 1 atom stereocenters. The zero-order chi connectivity index (χ0) is 22.5. The number of aromatic nitrogens is 5. The minimum Gasteiger partial charge on any atom is -0.368 e. The average molecular weight is 439 g/mol. The number of anilines is 1. The maximum absolute atomic E-state index is 13.6. The molecule has 2 aromatic carbocycles. The van der Waals surface area contributed by atoms with Gasteiger partial charge in [0.2, 0.25) is 5.95 Å². The molecule has 33 heavy (non-hydrogen) atoms. The monoisotopic (exact) mass is 438 g/mol. The number of hydrogen-bond acceptors (Lipinski definition) is 4. The van der Waals surface area contributed by atoms with Crippen molar-refractivity contribution in [1.82, 2.24) is 24.1 Å². The van der Waals surface area contributed by atoms with Crippen LogP contribution < -0.4 is 5.73 Å². The molecule has 7 heteroatoms. The Bertz CT molecular complexity index is 1480. The molecule has 0 bridgehead atoms. The zero-order valence-corrected chi connectivity index (χ0v) is 18.2. The van der Waals surface area contributed by atoms with Crippen molar-refractivity contribution >= 4 is 16.9 Å². The quantitative estimate of drug-likeness (QED) is 0.420. The molecular weight excluding hydrogens is 415 g/mol. The van der Waals surface area contributed by atoms with E-state index in [0.717, 1.165) is 47.9 Å². The van der Waals surface area contributed by atoms with Gasteiger partial charge in [0.05, 0.1) is 23.1 Å². The second-order valence-corrected chi connectivity index (χ2v) is 8.63. The Morgan fingerprint density at radius 1 is 1.06 bits per heavy atom. The third-order valence-electron chi connectivity index (χ3n) is 6.42. The van der Waals surface area contributed by atoms with E-state index >= 15 is 0 Å². The lowest BCUT2D eigenvalue weighted by Crippen LogP contribution is -2.13. The molecule has 0 saturated carbocycles. The summed E-state index contributed by atoms with van der Waals surface area (Å²) in [6, 6.07) is 17.2. The van der Waals surface area contributed by atoms with Gasteiger partial charge < -0.3 is 14.9 Å². The van der Waals surface area contributed by atoms with Crippen LogP contribution in [0.2, 0.25) is 0 Å². The van der Waals surface area contributed by atoms with Crippen LogP contribution in [0.4, 0.5) is 10.3 Å². The lowest BCUT2D eigenvalue weighted by Gasteiger charge is -2.19. The maximum atomic E-state index is 13.6. The molecule has 0 amide bonds. The summed E-state index contributed by atoms with van der Waals surface area (Å²) in [5.41, 5.74) is 11.7. The number of halogens is 1. The lowest BCUT2D eigenvalue weighted by atomic mass is 10.1. The van der Waals surface area contributed by atoms with Crippen LogP contribution in [-0.2, 0) is 13.0 Å². The van der Waals surface area contributed by atoms with Crippen molar-refractivity contribution < 1.29 is 4.39 Å². The molecule has 0 saturated heterocycles. The van der Waals surface area contributed by atoms with Gasteiger partial charge in [-0.3, -0.25) is 0 Å². The fourth-order valence-corrected chi connectivity index (χ4v) is 4.91. The van der Waals surface area contributed by atoms with E-state index in [1.807, 2.05) is 6.07 Å². The van der Waals surface area contributed by atoms with Gasteiger partial charge >= 0.3 is 0 Å². The lowest BCUT2D eigenvalue weighted by molar-refractivity contribution is 0.459. The molecule has 0 fully saturated rings. The van der Waals surface area contributed by atoms with Gasteiger partial charge in [-0.25, -0.2) is 19.3 Å². The van der Waals surface area contributed by atoms with Crippen molar-refractivity contribution in [3.8, 4) is 22.6 Å². The van der Waals surface area contributed by atoms with E-state index in [9.17, 15) is 4.39 Å². The Hall–Kier alpha value is -4.00. The summed E-state index contributed by atoms with van der Waals surface area (Å²) in [6.45, 7) is 2.94. The Balaban J connectivity index is 1.48. The van der Waals surface area contributed by atoms with Gasteiger partial charge in [0.25, 0.3) is 0 Å². The Labute approximate surface area is 190 Å². The topological polar surface area (TPSA) is 74.6 Å². The molecule has 4 heterocycles. The van der Waals surface area contributed by atoms with E-state index in [4.69, 9.17) is 10.7 Å². The van der Waals surface area contributed by atoms with Gasteiger partial charge in [0.15, 0.2) is 0 Å². The largest absolute Gasteiger partial charge is 0.368 e. The number of nitrogen functional groups attached to an aromatic ring is 1. The molecule has 2 N–H and O–H groups in total. The number of nitrogens with two attached hydrogens (primary N) is 1. The average Bonchev–Trinajstić information content (AvgIpc) is 3.49. The molecule has 6 rings (SSSR count). The Morgan fingerprint density at radius 2 is 1.91 bits per heavy atom. The molecule has 0 aliphatic carbocycles. The number of rotatable bonds is 4. The second-order valence-electron chi connectivity index (χ2n) is 8.63. The van der Waals surface area contributed by atoms with Gasteiger partial charge in [0.1, 0.15) is 11.6 Å². The van der Waals surface area contributed by atoms with Crippen molar-refractivity contribution in [2.75, 3.05) is 5.73 Å². The first-order chi connectivity index (χ1) is 16.1. The summed E-state index contributed by atoms with van der Waals surface area (Å²) < 4.78 is 18.2.